The summed E-state index contributed by atoms with van der Waals surface area (Å²) < 4.78 is 0. The molecule has 4 rings (SSSR count). The van der Waals surface area contributed by atoms with Crippen molar-refractivity contribution in [1.29, 1.82) is 0 Å². The van der Waals surface area contributed by atoms with Gasteiger partial charge in [0.05, 0.1) is 11.2 Å². The van der Waals surface area contributed by atoms with Gasteiger partial charge < -0.3 is 10.0 Å². The smallest absolute Gasteiger partial charge is 0.407 e. The Labute approximate surface area is 171 Å². The van der Waals surface area contributed by atoms with Gasteiger partial charge in [0.1, 0.15) is 5.82 Å². The van der Waals surface area contributed by atoms with Crippen molar-refractivity contribution in [2.45, 2.75) is 45.6 Å². The van der Waals surface area contributed by atoms with Crippen molar-refractivity contribution in [3.63, 3.8) is 0 Å². The Hall–Kier alpha value is -2.95. The third-order valence-electron chi connectivity index (χ3n) is 5.76. The molecule has 5 heteroatoms. The molecule has 0 aliphatic carbocycles. The van der Waals surface area contributed by atoms with Crippen LogP contribution in [0.5, 0.6) is 0 Å². The van der Waals surface area contributed by atoms with Gasteiger partial charge in [-0.25, -0.2) is 14.8 Å². The summed E-state index contributed by atoms with van der Waals surface area (Å²) in [5.74, 6) is 0.709. The van der Waals surface area contributed by atoms with E-state index in [1.54, 1.807) is 4.90 Å². The molecule has 1 fully saturated rings. The highest BCUT2D eigenvalue weighted by molar-refractivity contribution is 5.92. The standard InChI is InChI=1S/C24H27N3O2/c1-24(2,3)21-18(13-9-15-27(21)23(28)29)22-25-19-14-8-7-12-17(19)20(26-22)16-10-5-4-6-11-16/h4-8,10-12,14,18,21H,9,13,15H2,1-3H3,(H,28,29). The van der Waals surface area contributed by atoms with Crippen molar-refractivity contribution in [2.24, 2.45) is 5.41 Å². The highest BCUT2D eigenvalue weighted by Gasteiger charge is 2.43. The first kappa shape index (κ1) is 19.4. The third kappa shape index (κ3) is 3.69. The number of carboxylic acid groups (broad SMARTS) is 1. The largest absolute Gasteiger partial charge is 0.465 e. The normalized spacial score (nSPS) is 20.0. The Bertz CT molecular complexity index is 1030. The lowest BCUT2D eigenvalue weighted by Crippen LogP contribution is -2.53. The molecular formula is C24H27N3O2. The Kier molecular flexibility index (Phi) is 4.99. The molecule has 1 amide bonds. The topological polar surface area (TPSA) is 66.3 Å². The Morgan fingerprint density at radius 2 is 1.72 bits per heavy atom. The quantitative estimate of drug-likeness (QED) is 0.622. The average molecular weight is 389 g/mol. The lowest BCUT2D eigenvalue weighted by Gasteiger charge is -2.46. The van der Waals surface area contributed by atoms with Gasteiger partial charge in [-0.15, -0.1) is 0 Å². The van der Waals surface area contributed by atoms with Crippen LogP contribution in [0.2, 0.25) is 0 Å². The Balaban J connectivity index is 1.90. The van der Waals surface area contributed by atoms with E-state index < -0.39 is 6.09 Å². The van der Waals surface area contributed by atoms with Gasteiger partial charge >= 0.3 is 6.09 Å². The molecule has 0 saturated carbocycles. The maximum Gasteiger partial charge on any atom is 0.407 e. The molecule has 2 unspecified atom stereocenters. The summed E-state index contributed by atoms with van der Waals surface area (Å²) >= 11 is 0. The van der Waals surface area contributed by atoms with E-state index in [4.69, 9.17) is 9.97 Å². The van der Waals surface area contributed by atoms with E-state index >= 15 is 0 Å². The number of rotatable bonds is 2. The van der Waals surface area contributed by atoms with Crippen LogP contribution in [0.4, 0.5) is 4.79 Å². The van der Waals surface area contributed by atoms with Crippen molar-refractivity contribution < 1.29 is 9.90 Å². The van der Waals surface area contributed by atoms with Gasteiger partial charge in [-0.05, 0) is 24.3 Å². The van der Waals surface area contributed by atoms with E-state index in [2.05, 4.69) is 32.9 Å². The molecule has 0 radical (unpaired) electrons. The summed E-state index contributed by atoms with van der Waals surface area (Å²) in [6.07, 6.45) is 0.845. The zero-order valence-electron chi connectivity index (χ0n) is 17.2. The Morgan fingerprint density at radius 3 is 2.41 bits per heavy atom. The summed E-state index contributed by atoms with van der Waals surface area (Å²) in [5, 5.41) is 10.8. The van der Waals surface area contributed by atoms with Crippen LogP contribution in [0.25, 0.3) is 22.2 Å². The van der Waals surface area contributed by atoms with Gasteiger partial charge in [0.2, 0.25) is 0 Å². The van der Waals surface area contributed by atoms with E-state index in [1.807, 2.05) is 42.5 Å². The summed E-state index contributed by atoms with van der Waals surface area (Å²) in [5.41, 5.74) is 2.64. The molecule has 29 heavy (non-hydrogen) atoms. The van der Waals surface area contributed by atoms with E-state index in [1.165, 1.54) is 0 Å². The lowest BCUT2D eigenvalue weighted by atomic mass is 9.73. The van der Waals surface area contributed by atoms with Crippen molar-refractivity contribution in [1.82, 2.24) is 14.9 Å². The van der Waals surface area contributed by atoms with Gasteiger partial charge in [-0.2, -0.15) is 0 Å². The average Bonchev–Trinajstić information content (AvgIpc) is 2.72. The molecule has 1 N–H and O–H groups in total. The first-order chi connectivity index (χ1) is 13.9. The zero-order chi connectivity index (χ0) is 20.6. The second-order valence-corrected chi connectivity index (χ2v) is 8.85. The van der Waals surface area contributed by atoms with Crippen LogP contribution in [-0.2, 0) is 0 Å². The van der Waals surface area contributed by atoms with Gasteiger partial charge in [0.15, 0.2) is 0 Å². The van der Waals surface area contributed by atoms with Crippen molar-refractivity contribution in [3.8, 4) is 11.3 Å². The second kappa shape index (κ2) is 7.47. The molecule has 1 aliphatic heterocycles. The lowest BCUT2D eigenvalue weighted by molar-refractivity contribution is 0.0438. The van der Waals surface area contributed by atoms with E-state index in [9.17, 15) is 9.90 Å². The highest BCUT2D eigenvalue weighted by atomic mass is 16.4. The first-order valence-electron chi connectivity index (χ1n) is 10.2. The number of carbonyl (C=O) groups is 1. The minimum absolute atomic E-state index is 0.0353. The number of piperidine rings is 1. The van der Waals surface area contributed by atoms with Crippen LogP contribution in [-0.4, -0.2) is 38.7 Å². The second-order valence-electron chi connectivity index (χ2n) is 8.85. The minimum atomic E-state index is -0.862. The van der Waals surface area contributed by atoms with Crippen molar-refractivity contribution in [2.75, 3.05) is 6.54 Å². The van der Waals surface area contributed by atoms with Crippen molar-refractivity contribution >= 4 is 17.0 Å². The number of nitrogens with zero attached hydrogens (tertiary/aromatic N) is 3. The van der Waals surface area contributed by atoms with E-state index in [0.717, 1.165) is 40.8 Å². The van der Waals surface area contributed by atoms with Gasteiger partial charge in [-0.3, -0.25) is 0 Å². The molecular weight excluding hydrogens is 362 g/mol. The number of aromatic nitrogens is 2. The maximum absolute atomic E-state index is 12.0. The molecule has 3 aromatic rings. The van der Waals surface area contributed by atoms with Crippen LogP contribution >= 0.6 is 0 Å². The summed E-state index contributed by atoms with van der Waals surface area (Å²) in [4.78, 5) is 23.5. The molecule has 1 saturated heterocycles. The maximum atomic E-state index is 12.0. The summed E-state index contributed by atoms with van der Waals surface area (Å²) in [7, 11) is 0. The van der Waals surface area contributed by atoms with Crippen LogP contribution in [0.15, 0.2) is 54.6 Å². The van der Waals surface area contributed by atoms with Crippen LogP contribution in [0, 0.1) is 5.41 Å². The molecule has 2 heterocycles. The monoisotopic (exact) mass is 389 g/mol. The number of para-hydroxylation sites is 1. The number of amides is 1. The highest BCUT2D eigenvalue weighted by Crippen LogP contribution is 2.41. The van der Waals surface area contributed by atoms with Gasteiger partial charge in [0, 0.05) is 29.5 Å². The molecule has 0 bridgehead atoms. The number of hydrogen-bond donors (Lipinski definition) is 1. The first-order valence-corrected chi connectivity index (χ1v) is 10.2. The van der Waals surface area contributed by atoms with Gasteiger partial charge in [-0.1, -0.05) is 69.3 Å². The predicted octanol–water partition coefficient (Wildman–Crippen LogP) is 5.57. The fourth-order valence-electron chi connectivity index (χ4n) is 4.63. The molecule has 5 nitrogen and oxygen atoms in total. The SMILES string of the molecule is CC(C)(C)C1C(c2nc(-c3ccccc3)c3ccccc3n2)CCCN1C(=O)O. The van der Waals surface area contributed by atoms with Crippen LogP contribution in [0.3, 0.4) is 0 Å². The number of fused-ring (bicyclic) bond motifs is 1. The fraction of sp³-hybridized carbons (Fsp3) is 0.375. The minimum Gasteiger partial charge on any atom is -0.465 e. The molecule has 1 aromatic heterocycles. The molecule has 0 spiro atoms. The zero-order valence-corrected chi connectivity index (χ0v) is 17.2. The fourth-order valence-corrected chi connectivity index (χ4v) is 4.63. The predicted molar refractivity (Wildman–Crippen MR) is 115 cm³/mol. The number of benzene rings is 2. The molecule has 2 aromatic carbocycles. The van der Waals surface area contributed by atoms with E-state index in [-0.39, 0.29) is 17.4 Å². The molecule has 150 valence electrons. The van der Waals surface area contributed by atoms with E-state index in [0.29, 0.717) is 6.54 Å². The third-order valence-corrected chi connectivity index (χ3v) is 5.76. The van der Waals surface area contributed by atoms with Crippen LogP contribution in [0.1, 0.15) is 45.4 Å². The summed E-state index contributed by atoms with van der Waals surface area (Å²) in [6, 6.07) is 18.0. The molecule has 2 atom stereocenters. The Morgan fingerprint density at radius 1 is 1.03 bits per heavy atom. The van der Waals surface area contributed by atoms with Crippen LogP contribution < -0.4 is 0 Å². The van der Waals surface area contributed by atoms with Crippen molar-refractivity contribution in [3.05, 3.63) is 60.4 Å². The number of likely N-dealkylation sites (tertiary alicyclic amines) is 1. The molecule has 1 aliphatic rings. The number of hydrogen-bond acceptors (Lipinski definition) is 3. The van der Waals surface area contributed by atoms with Gasteiger partial charge in [0.25, 0.3) is 0 Å². The summed E-state index contributed by atoms with van der Waals surface area (Å²) in [6.45, 7) is 6.87.